The third-order valence-corrected chi connectivity index (χ3v) is 8.25. The Morgan fingerprint density at radius 2 is 1.54 bits per heavy atom. The number of ether oxygens (including phenoxy) is 2. The zero-order chi connectivity index (χ0) is 24.6. The summed E-state index contributed by atoms with van der Waals surface area (Å²) in [5.41, 5.74) is 1.61. The van der Waals surface area contributed by atoms with Crippen molar-refractivity contribution in [1.29, 1.82) is 0 Å². The van der Waals surface area contributed by atoms with Gasteiger partial charge in [0.25, 0.3) is 0 Å². The first kappa shape index (κ1) is 23.2. The molecule has 4 aromatic carbocycles. The standard InChI is InChI=1S/C25H21NO7S2/c1-17-8-11-19(12-9-17)35(29,30)33-22-6-2-5-21-20(22)4-3-7-25(21)34(27,28)26-15-18-10-13-23-24(14-18)32-16-31-23/h2-14,26H,15-16H2,1H3. The van der Waals surface area contributed by atoms with Gasteiger partial charge in [-0.05, 0) is 48.9 Å². The molecule has 0 saturated carbocycles. The molecule has 0 spiro atoms. The molecule has 0 atom stereocenters. The molecule has 0 saturated heterocycles. The van der Waals surface area contributed by atoms with E-state index in [0.717, 1.165) is 5.56 Å². The summed E-state index contributed by atoms with van der Waals surface area (Å²) in [6, 6.07) is 20.7. The van der Waals surface area contributed by atoms with Crippen molar-refractivity contribution in [3.63, 3.8) is 0 Å². The SMILES string of the molecule is Cc1ccc(S(=O)(=O)Oc2cccc3c(S(=O)(=O)NCc4ccc5c(c4)OCO5)cccc23)cc1. The van der Waals surface area contributed by atoms with E-state index in [1.165, 1.54) is 24.3 Å². The second-order valence-corrected chi connectivity index (χ2v) is 11.3. The van der Waals surface area contributed by atoms with Crippen molar-refractivity contribution in [1.82, 2.24) is 4.72 Å². The summed E-state index contributed by atoms with van der Waals surface area (Å²) in [7, 11) is -8.05. The van der Waals surface area contributed by atoms with E-state index in [2.05, 4.69) is 4.72 Å². The van der Waals surface area contributed by atoms with Gasteiger partial charge in [-0.1, -0.05) is 48.0 Å². The van der Waals surface area contributed by atoms with E-state index >= 15 is 0 Å². The smallest absolute Gasteiger partial charge is 0.339 e. The van der Waals surface area contributed by atoms with E-state index in [4.69, 9.17) is 13.7 Å². The fourth-order valence-electron chi connectivity index (χ4n) is 3.74. The molecule has 1 aliphatic heterocycles. The average Bonchev–Trinajstić information content (AvgIpc) is 3.31. The largest absolute Gasteiger partial charge is 0.454 e. The molecule has 0 fully saturated rings. The molecule has 1 N–H and O–H groups in total. The van der Waals surface area contributed by atoms with Gasteiger partial charge in [0.2, 0.25) is 16.8 Å². The van der Waals surface area contributed by atoms with Gasteiger partial charge in [-0.15, -0.1) is 0 Å². The van der Waals surface area contributed by atoms with E-state index in [1.54, 1.807) is 54.6 Å². The molecule has 8 nitrogen and oxygen atoms in total. The van der Waals surface area contributed by atoms with Crippen LogP contribution in [0.5, 0.6) is 17.2 Å². The average molecular weight is 512 g/mol. The highest BCUT2D eigenvalue weighted by atomic mass is 32.2. The molecule has 10 heteroatoms. The quantitative estimate of drug-likeness (QED) is 0.372. The van der Waals surface area contributed by atoms with Crippen molar-refractivity contribution in [2.45, 2.75) is 23.3 Å². The van der Waals surface area contributed by atoms with Crippen LogP contribution >= 0.6 is 0 Å². The number of sulfonamides is 1. The van der Waals surface area contributed by atoms with Crippen LogP contribution in [0.25, 0.3) is 10.8 Å². The first-order valence-electron chi connectivity index (χ1n) is 10.6. The molecule has 0 amide bonds. The molecule has 0 aliphatic carbocycles. The Balaban J connectivity index is 1.44. The van der Waals surface area contributed by atoms with Gasteiger partial charge in [0, 0.05) is 17.3 Å². The highest BCUT2D eigenvalue weighted by Gasteiger charge is 2.22. The Kier molecular flexibility index (Phi) is 5.87. The van der Waals surface area contributed by atoms with Gasteiger partial charge in [0.05, 0.1) is 4.90 Å². The van der Waals surface area contributed by atoms with Crippen molar-refractivity contribution in [2.75, 3.05) is 6.79 Å². The summed E-state index contributed by atoms with van der Waals surface area (Å²) in [6.45, 7) is 2.02. The third kappa shape index (κ3) is 4.68. The van der Waals surface area contributed by atoms with Gasteiger partial charge in [0.1, 0.15) is 4.90 Å². The van der Waals surface area contributed by atoms with Gasteiger partial charge < -0.3 is 13.7 Å². The van der Waals surface area contributed by atoms with Crippen molar-refractivity contribution < 1.29 is 30.5 Å². The summed E-state index contributed by atoms with van der Waals surface area (Å²) in [4.78, 5) is 0.0169. The molecule has 4 aromatic rings. The molecule has 1 heterocycles. The van der Waals surface area contributed by atoms with Crippen molar-refractivity contribution in [3.8, 4) is 17.2 Å². The van der Waals surface area contributed by atoms with Crippen LogP contribution in [0.3, 0.4) is 0 Å². The first-order valence-corrected chi connectivity index (χ1v) is 13.5. The maximum atomic E-state index is 13.2. The summed E-state index contributed by atoms with van der Waals surface area (Å²) >= 11 is 0. The number of rotatable bonds is 7. The Morgan fingerprint density at radius 1 is 0.829 bits per heavy atom. The maximum absolute atomic E-state index is 13.2. The molecule has 35 heavy (non-hydrogen) atoms. The molecule has 5 rings (SSSR count). The highest BCUT2D eigenvalue weighted by Crippen LogP contribution is 2.34. The first-order chi connectivity index (χ1) is 16.7. The zero-order valence-electron chi connectivity index (χ0n) is 18.6. The lowest BCUT2D eigenvalue weighted by Gasteiger charge is -2.13. The fourth-order valence-corrected chi connectivity index (χ4v) is 5.92. The van der Waals surface area contributed by atoms with E-state index < -0.39 is 20.1 Å². The number of aryl methyl sites for hydroxylation is 1. The molecule has 0 unspecified atom stereocenters. The third-order valence-electron chi connectivity index (χ3n) is 5.54. The number of hydrogen-bond acceptors (Lipinski definition) is 7. The van der Waals surface area contributed by atoms with Crippen LogP contribution in [-0.4, -0.2) is 23.6 Å². The molecular weight excluding hydrogens is 490 g/mol. The van der Waals surface area contributed by atoms with Crippen LogP contribution in [0.2, 0.25) is 0 Å². The predicted molar refractivity (Wildman–Crippen MR) is 130 cm³/mol. The molecule has 0 bridgehead atoms. The van der Waals surface area contributed by atoms with Crippen LogP contribution < -0.4 is 18.4 Å². The number of benzene rings is 4. The lowest BCUT2D eigenvalue weighted by atomic mass is 10.1. The Bertz CT molecular complexity index is 1630. The summed E-state index contributed by atoms with van der Waals surface area (Å²) in [5, 5.41) is 0.691. The van der Waals surface area contributed by atoms with Crippen molar-refractivity contribution >= 4 is 30.9 Å². The monoisotopic (exact) mass is 511 g/mol. The molecule has 0 radical (unpaired) electrons. The van der Waals surface area contributed by atoms with Gasteiger partial charge in [-0.3, -0.25) is 0 Å². The molecule has 0 aromatic heterocycles. The lowest BCUT2D eigenvalue weighted by Crippen LogP contribution is -2.23. The lowest BCUT2D eigenvalue weighted by molar-refractivity contribution is 0.174. The van der Waals surface area contributed by atoms with Crippen molar-refractivity contribution in [2.24, 2.45) is 0 Å². The van der Waals surface area contributed by atoms with Crippen LogP contribution in [0, 0.1) is 6.92 Å². The minimum Gasteiger partial charge on any atom is -0.454 e. The summed E-state index contributed by atoms with van der Waals surface area (Å²) in [5.74, 6) is 1.21. The Hall–Kier alpha value is -3.60. The van der Waals surface area contributed by atoms with Gasteiger partial charge >= 0.3 is 10.1 Å². The normalized spacial score (nSPS) is 13.2. The second-order valence-electron chi connectivity index (χ2n) is 7.97. The Morgan fingerprint density at radius 3 is 2.34 bits per heavy atom. The van der Waals surface area contributed by atoms with Crippen LogP contribution in [0.15, 0.2) is 88.7 Å². The van der Waals surface area contributed by atoms with E-state index in [1.807, 2.05) is 6.92 Å². The van der Waals surface area contributed by atoms with Crippen molar-refractivity contribution in [3.05, 3.63) is 90.0 Å². The van der Waals surface area contributed by atoms with Gasteiger partial charge in [-0.25, -0.2) is 13.1 Å². The Labute approximate surface area is 203 Å². The number of hydrogen-bond donors (Lipinski definition) is 1. The zero-order valence-corrected chi connectivity index (χ0v) is 20.2. The summed E-state index contributed by atoms with van der Waals surface area (Å²) < 4.78 is 70.6. The van der Waals surface area contributed by atoms with Crippen LogP contribution in [0.1, 0.15) is 11.1 Å². The minimum absolute atomic E-state index is 0.00827. The second kappa shape index (κ2) is 8.88. The topological polar surface area (TPSA) is 108 Å². The van der Waals surface area contributed by atoms with Crippen LogP contribution in [-0.2, 0) is 26.7 Å². The van der Waals surface area contributed by atoms with E-state index in [9.17, 15) is 16.8 Å². The molecule has 180 valence electrons. The van der Waals surface area contributed by atoms with E-state index in [0.29, 0.717) is 27.8 Å². The van der Waals surface area contributed by atoms with Gasteiger partial charge in [-0.2, -0.15) is 8.42 Å². The summed E-state index contributed by atoms with van der Waals surface area (Å²) in [6.07, 6.45) is 0. The molecular formula is C25H21NO7S2. The predicted octanol–water partition coefficient (Wildman–Crippen LogP) is 4.12. The molecule has 1 aliphatic rings. The van der Waals surface area contributed by atoms with Crippen LogP contribution in [0.4, 0.5) is 0 Å². The number of nitrogens with one attached hydrogen (secondary N) is 1. The fraction of sp³-hybridized carbons (Fsp3) is 0.120. The van der Waals surface area contributed by atoms with Gasteiger partial charge in [0.15, 0.2) is 17.2 Å². The highest BCUT2D eigenvalue weighted by molar-refractivity contribution is 7.89. The number of fused-ring (bicyclic) bond motifs is 2. The van der Waals surface area contributed by atoms with E-state index in [-0.39, 0.29) is 28.9 Å². The maximum Gasteiger partial charge on any atom is 0.339 e. The minimum atomic E-state index is -4.11.